The Morgan fingerprint density at radius 1 is 1.09 bits per heavy atom. The molecule has 0 aliphatic carbocycles. The molecule has 3 rings (SSSR count). The lowest BCUT2D eigenvalue weighted by molar-refractivity contribution is -0.111. The number of aromatic nitrogens is 2. The van der Waals surface area contributed by atoms with Gasteiger partial charge >= 0.3 is 0 Å². The number of hydrogen-bond donors (Lipinski definition) is 3. The van der Waals surface area contributed by atoms with Crippen molar-refractivity contribution in [1.82, 2.24) is 14.9 Å². The maximum atomic E-state index is 12.8. The summed E-state index contributed by atoms with van der Waals surface area (Å²) < 4.78 is 30.3. The van der Waals surface area contributed by atoms with Gasteiger partial charge in [-0.05, 0) is 50.7 Å². The Hall–Kier alpha value is -3.63. The molecule has 0 saturated heterocycles. The number of para-hydroxylation sites is 1. The van der Waals surface area contributed by atoms with Crippen LogP contribution >= 0.6 is 18.7 Å². The molecule has 0 aliphatic rings. The first-order valence-electron chi connectivity index (χ1n) is 13.8. The van der Waals surface area contributed by atoms with Gasteiger partial charge in [0.25, 0.3) is 0 Å². The highest BCUT2D eigenvalue weighted by atomic mass is 35.5. The lowest BCUT2D eigenvalue weighted by Crippen LogP contribution is -2.38. The summed E-state index contributed by atoms with van der Waals surface area (Å²) in [5, 5.41) is 10.1. The predicted octanol–water partition coefficient (Wildman–Crippen LogP) is 5.73. The Morgan fingerprint density at radius 2 is 1.81 bits per heavy atom. The van der Waals surface area contributed by atoms with E-state index < -0.39 is 13.0 Å². The summed E-state index contributed by atoms with van der Waals surface area (Å²) in [7, 11) is 0.556. The van der Waals surface area contributed by atoms with Crippen LogP contribution in [0.25, 0.3) is 0 Å². The molecule has 1 atom stereocenters. The van der Waals surface area contributed by atoms with Gasteiger partial charge in [0, 0.05) is 25.0 Å². The molecule has 3 aromatic rings. The van der Waals surface area contributed by atoms with Gasteiger partial charge in [0.15, 0.2) is 5.82 Å². The zero-order valence-corrected chi connectivity index (χ0v) is 27.1. The van der Waals surface area contributed by atoms with Gasteiger partial charge in [0.1, 0.15) is 29.8 Å². The highest BCUT2D eigenvalue weighted by Crippen LogP contribution is 2.40. The van der Waals surface area contributed by atoms with Crippen LogP contribution < -0.4 is 30.7 Å². The van der Waals surface area contributed by atoms with Crippen LogP contribution in [-0.2, 0) is 14.1 Å². The van der Waals surface area contributed by atoms with E-state index >= 15 is 0 Å². The number of halogens is 1. The average Bonchev–Trinajstić information content (AvgIpc) is 2.98. The Kier molecular flexibility index (Phi) is 12.4. The van der Waals surface area contributed by atoms with E-state index in [0.717, 1.165) is 13.1 Å². The van der Waals surface area contributed by atoms with Gasteiger partial charge in [0.2, 0.25) is 11.9 Å². The number of likely N-dealkylation sites (N-methyl/N-ethyl adjacent to an activating group) is 1. The zero-order valence-electron chi connectivity index (χ0n) is 25.4. The van der Waals surface area contributed by atoms with Gasteiger partial charge in [-0.3, -0.25) is 4.79 Å². The third-order valence-electron chi connectivity index (χ3n) is 6.48. The van der Waals surface area contributed by atoms with Crippen LogP contribution in [-0.4, -0.2) is 80.7 Å². The molecule has 0 bridgehead atoms. The molecule has 11 nitrogen and oxygen atoms in total. The van der Waals surface area contributed by atoms with Gasteiger partial charge < -0.3 is 39.6 Å². The molecule has 3 N–H and O–H groups in total. The van der Waals surface area contributed by atoms with Crippen LogP contribution in [0.15, 0.2) is 55.3 Å². The SMILES string of the molecule is C=CC(=O)Nc1cc(Nc2ncc(Cl)c(Nc3ccccc3P(C)(C)=O)n2)c(OC)cc1O[C@@H](COC)CN(CC)CC. The Morgan fingerprint density at radius 3 is 2.44 bits per heavy atom. The summed E-state index contributed by atoms with van der Waals surface area (Å²) in [6.45, 7) is 13.8. The molecule has 1 aromatic heterocycles. The van der Waals surface area contributed by atoms with Crippen molar-refractivity contribution in [3.8, 4) is 11.5 Å². The van der Waals surface area contributed by atoms with E-state index in [4.69, 9.17) is 25.8 Å². The van der Waals surface area contributed by atoms with E-state index in [2.05, 4.69) is 51.2 Å². The topological polar surface area (TPSA) is 127 Å². The van der Waals surface area contributed by atoms with Gasteiger partial charge in [-0.1, -0.05) is 44.2 Å². The van der Waals surface area contributed by atoms with Gasteiger partial charge in [-0.25, -0.2) is 4.98 Å². The van der Waals surface area contributed by atoms with Gasteiger partial charge in [-0.15, -0.1) is 0 Å². The Balaban J connectivity index is 1.98. The van der Waals surface area contributed by atoms with Crippen LogP contribution in [0.2, 0.25) is 5.02 Å². The molecule has 2 aromatic carbocycles. The van der Waals surface area contributed by atoms with Crippen LogP contribution in [0.3, 0.4) is 0 Å². The summed E-state index contributed by atoms with van der Waals surface area (Å²) >= 11 is 6.43. The van der Waals surface area contributed by atoms with Crippen molar-refractivity contribution in [1.29, 1.82) is 0 Å². The van der Waals surface area contributed by atoms with E-state index in [-0.39, 0.29) is 17.1 Å². The molecule has 1 amide bonds. The normalized spacial score (nSPS) is 12.0. The zero-order chi connectivity index (χ0) is 31.6. The predicted molar refractivity (Wildman–Crippen MR) is 175 cm³/mol. The molecular formula is C30H40ClN6O5P. The van der Waals surface area contributed by atoms with Crippen molar-refractivity contribution < 1.29 is 23.6 Å². The van der Waals surface area contributed by atoms with Crippen molar-refractivity contribution in [3.63, 3.8) is 0 Å². The number of anilines is 5. The molecule has 43 heavy (non-hydrogen) atoms. The quantitative estimate of drug-likeness (QED) is 0.133. The van der Waals surface area contributed by atoms with E-state index in [1.165, 1.54) is 19.4 Å². The monoisotopic (exact) mass is 630 g/mol. The summed E-state index contributed by atoms with van der Waals surface area (Å²) in [5.41, 5.74) is 1.48. The van der Waals surface area contributed by atoms with Crippen LogP contribution in [0.5, 0.6) is 11.5 Å². The number of benzene rings is 2. The average molecular weight is 631 g/mol. The maximum Gasteiger partial charge on any atom is 0.247 e. The van der Waals surface area contributed by atoms with Crippen molar-refractivity contribution in [2.45, 2.75) is 20.0 Å². The highest BCUT2D eigenvalue weighted by molar-refractivity contribution is 7.70. The number of ether oxygens (including phenoxy) is 3. The fourth-order valence-electron chi connectivity index (χ4n) is 4.28. The summed E-state index contributed by atoms with van der Waals surface area (Å²) in [5.74, 6) is 0.920. The second-order valence-corrected chi connectivity index (χ2v) is 13.5. The van der Waals surface area contributed by atoms with Gasteiger partial charge in [0.05, 0.1) is 37.0 Å². The van der Waals surface area contributed by atoms with Crippen molar-refractivity contribution in [3.05, 3.63) is 60.3 Å². The molecule has 0 saturated carbocycles. The summed E-state index contributed by atoms with van der Waals surface area (Å²) in [6, 6.07) is 10.6. The third kappa shape index (κ3) is 9.43. The first-order chi connectivity index (χ1) is 20.5. The van der Waals surface area contributed by atoms with Crippen molar-refractivity contribution in [2.24, 2.45) is 0 Å². The van der Waals surface area contributed by atoms with Crippen LogP contribution in [0.1, 0.15) is 13.8 Å². The van der Waals surface area contributed by atoms with Crippen molar-refractivity contribution >= 4 is 58.8 Å². The number of amides is 1. The number of hydrogen-bond acceptors (Lipinski definition) is 10. The van der Waals surface area contributed by atoms with Crippen LogP contribution in [0.4, 0.5) is 28.8 Å². The molecule has 0 fully saturated rings. The molecule has 13 heteroatoms. The standard InChI is InChI=1S/C30H40ClN6O5P/c1-8-28(38)33-24-15-23(25(41-5)16-26(24)42-20(19-40-4)18-37(9-2)10-3)35-30-32-17-21(31)29(36-30)34-22-13-11-12-14-27(22)43(6,7)39/h8,11-17,20H,1,9-10,18-19H2,2-7H3,(H,33,38)(H2,32,34,35,36)/t20-/m1/s1. The van der Waals surface area contributed by atoms with E-state index in [1.807, 2.05) is 24.3 Å². The minimum Gasteiger partial charge on any atom is -0.494 e. The molecular weight excluding hydrogens is 591 g/mol. The number of rotatable bonds is 16. The smallest absolute Gasteiger partial charge is 0.247 e. The van der Waals surface area contributed by atoms with E-state index in [9.17, 15) is 9.36 Å². The van der Waals surface area contributed by atoms with Crippen molar-refractivity contribution in [2.75, 3.05) is 69.7 Å². The maximum absolute atomic E-state index is 12.8. The fourth-order valence-corrected chi connectivity index (χ4v) is 5.57. The molecule has 0 aliphatic heterocycles. The summed E-state index contributed by atoms with van der Waals surface area (Å²) in [4.78, 5) is 23.4. The number of nitrogens with one attached hydrogen (secondary N) is 3. The molecule has 232 valence electrons. The number of carbonyl (C=O) groups excluding carboxylic acids is 1. The highest BCUT2D eigenvalue weighted by Gasteiger charge is 2.21. The molecule has 0 spiro atoms. The first kappa shape index (κ1) is 33.9. The lowest BCUT2D eigenvalue weighted by atomic mass is 10.2. The molecule has 0 radical (unpaired) electrons. The van der Waals surface area contributed by atoms with Crippen LogP contribution in [0, 0.1) is 0 Å². The Bertz CT molecular complexity index is 1460. The number of methoxy groups -OCH3 is 2. The largest absolute Gasteiger partial charge is 0.494 e. The minimum atomic E-state index is -2.58. The lowest BCUT2D eigenvalue weighted by Gasteiger charge is -2.27. The first-order valence-corrected chi connectivity index (χ1v) is 16.7. The minimum absolute atomic E-state index is 0.201. The second-order valence-electron chi connectivity index (χ2n) is 9.93. The second kappa shape index (κ2) is 15.7. The fraction of sp³-hybridized carbons (Fsp3) is 0.367. The Labute approximate surface area is 258 Å². The van der Waals surface area contributed by atoms with Gasteiger partial charge in [-0.2, -0.15) is 4.98 Å². The third-order valence-corrected chi connectivity index (χ3v) is 8.30. The number of nitrogens with zero attached hydrogens (tertiary/aromatic N) is 3. The van der Waals surface area contributed by atoms with E-state index in [1.54, 1.807) is 32.6 Å². The summed E-state index contributed by atoms with van der Waals surface area (Å²) in [6.07, 6.45) is 2.31. The van der Waals surface area contributed by atoms with E-state index in [0.29, 0.717) is 52.8 Å². The molecule has 0 unspecified atom stereocenters. The number of carbonyl (C=O) groups is 1. The molecule has 1 heterocycles.